The minimum atomic E-state index is -0.296. The van der Waals surface area contributed by atoms with Crippen molar-refractivity contribution in [2.45, 2.75) is 0 Å². The lowest BCUT2D eigenvalue weighted by Crippen LogP contribution is -2.20. The molecular weight excluding hydrogens is 446 g/mol. The average molecular weight is 459 g/mol. The number of amides is 1. The van der Waals surface area contributed by atoms with Crippen LogP contribution in [0.3, 0.4) is 0 Å². The lowest BCUT2D eigenvalue weighted by Gasteiger charge is -2.09. The van der Waals surface area contributed by atoms with Crippen molar-refractivity contribution in [1.82, 2.24) is 9.97 Å². The molecule has 1 N–H and O–H groups in total. The van der Waals surface area contributed by atoms with Crippen LogP contribution >= 0.6 is 27.5 Å². The van der Waals surface area contributed by atoms with Gasteiger partial charge in [-0.05, 0) is 54.6 Å². The van der Waals surface area contributed by atoms with Crippen molar-refractivity contribution in [3.8, 4) is 17.2 Å². The zero-order chi connectivity index (χ0) is 19.5. The average Bonchev–Trinajstić information content (AvgIpc) is 3.13. The van der Waals surface area contributed by atoms with Gasteiger partial charge in [0.25, 0.3) is 5.91 Å². The molecule has 6 nitrogen and oxygen atoms in total. The topological polar surface area (TPSA) is 77.2 Å². The van der Waals surface area contributed by atoms with Crippen molar-refractivity contribution < 1.29 is 13.9 Å². The molecule has 2 aromatic heterocycles. The number of ether oxygens (including phenoxy) is 1. The minimum absolute atomic E-state index is 0.119. The van der Waals surface area contributed by atoms with Crippen LogP contribution in [0.2, 0.25) is 5.02 Å². The molecule has 2 aromatic carbocycles. The third-order valence-corrected chi connectivity index (χ3v) is 4.69. The third-order valence-electron chi connectivity index (χ3n) is 3.83. The molecule has 0 bridgehead atoms. The molecule has 0 aliphatic heterocycles. The predicted molar refractivity (Wildman–Crippen MR) is 111 cm³/mol. The van der Waals surface area contributed by atoms with Crippen LogP contribution in [0, 0.1) is 0 Å². The molecule has 4 rings (SSSR count). The Bertz CT molecular complexity index is 1110. The van der Waals surface area contributed by atoms with E-state index in [1.165, 1.54) is 0 Å². The maximum Gasteiger partial charge on any atom is 0.262 e. The van der Waals surface area contributed by atoms with Crippen molar-refractivity contribution in [2.24, 2.45) is 0 Å². The highest BCUT2D eigenvalue weighted by Gasteiger charge is 2.14. The molecule has 0 saturated carbocycles. The molecule has 140 valence electrons. The Morgan fingerprint density at radius 2 is 2.00 bits per heavy atom. The number of fused-ring (bicyclic) bond motifs is 1. The second-order valence-corrected chi connectivity index (χ2v) is 7.15. The van der Waals surface area contributed by atoms with Crippen LogP contribution < -0.4 is 10.1 Å². The predicted octanol–water partition coefficient (Wildman–Crippen LogP) is 5.32. The molecule has 0 spiro atoms. The smallest absolute Gasteiger partial charge is 0.262 e. The van der Waals surface area contributed by atoms with Gasteiger partial charge in [-0.2, -0.15) is 4.98 Å². The molecule has 0 atom stereocenters. The van der Waals surface area contributed by atoms with Gasteiger partial charge in [0.15, 0.2) is 17.8 Å². The first-order valence-electron chi connectivity index (χ1n) is 8.28. The summed E-state index contributed by atoms with van der Waals surface area (Å²) >= 11 is 9.64. The summed E-state index contributed by atoms with van der Waals surface area (Å²) in [5.41, 5.74) is 2.17. The fraction of sp³-hybridized carbons (Fsp3) is 0.0500. The fourth-order valence-electron chi connectivity index (χ4n) is 2.53. The summed E-state index contributed by atoms with van der Waals surface area (Å²) in [7, 11) is 0. The number of nitrogens with one attached hydrogen (secondary N) is 1. The fourth-order valence-corrected chi connectivity index (χ4v) is 2.99. The van der Waals surface area contributed by atoms with Gasteiger partial charge in [0.1, 0.15) is 5.75 Å². The van der Waals surface area contributed by atoms with Crippen LogP contribution in [0.15, 0.2) is 69.7 Å². The zero-order valence-electron chi connectivity index (χ0n) is 14.4. The molecule has 8 heteroatoms. The first-order valence-corrected chi connectivity index (χ1v) is 9.45. The summed E-state index contributed by atoms with van der Waals surface area (Å²) in [4.78, 5) is 20.7. The van der Waals surface area contributed by atoms with E-state index in [0.717, 1.165) is 4.47 Å². The van der Waals surface area contributed by atoms with Crippen molar-refractivity contribution in [1.29, 1.82) is 0 Å². The Morgan fingerprint density at radius 3 is 2.79 bits per heavy atom. The Hall–Kier alpha value is -2.90. The van der Waals surface area contributed by atoms with E-state index in [2.05, 4.69) is 31.2 Å². The van der Waals surface area contributed by atoms with Crippen LogP contribution in [0.1, 0.15) is 0 Å². The second kappa shape index (κ2) is 8.00. The monoisotopic (exact) mass is 457 g/mol. The normalized spacial score (nSPS) is 10.8. The maximum absolute atomic E-state index is 12.2. The van der Waals surface area contributed by atoms with Crippen molar-refractivity contribution in [3.63, 3.8) is 0 Å². The number of carbonyl (C=O) groups is 1. The molecule has 2 heterocycles. The lowest BCUT2D eigenvalue weighted by molar-refractivity contribution is -0.118. The van der Waals surface area contributed by atoms with Crippen LogP contribution in [-0.4, -0.2) is 22.5 Å². The molecule has 0 unspecified atom stereocenters. The third kappa shape index (κ3) is 4.16. The first-order chi connectivity index (χ1) is 13.6. The molecular formula is C20H13BrClN3O3. The largest absolute Gasteiger partial charge is 0.484 e. The highest BCUT2D eigenvalue weighted by atomic mass is 79.9. The van der Waals surface area contributed by atoms with Crippen LogP contribution in [0.4, 0.5) is 5.69 Å². The number of pyridine rings is 1. The van der Waals surface area contributed by atoms with Crippen molar-refractivity contribution in [2.75, 3.05) is 11.9 Å². The Labute approximate surface area is 173 Å². The highest BCUT2D eigenvalue weighted by Crippen LogP contribution is 2.31. The van der Waals surface area contributed by atoms with Crippen LogP contribution in [-0.2, 0) is 4.79 Å². The number of hydrogen-bond donors (Lipinski definition) is 1. The van der Waals surface area contributed by atoms with E-state index in [1.54, 1.807) is 48.7 Å². The number of nitrogens with zero attached hydrogens (tertiary/aromatic N) is 2. The van der Waals surface area contributed by atoms with E-state index in [9.17, 15) is 4.79 Å². The standard InChI is InChI=1S/C20H13BrClN3O3/c21-12-3-6-14(7-4-12)27-11-18(26)24-13-5-8-16(22)15(10-13)20-25-19-17(28-20)2-1-9-23-19/h1-10H,11H2,(H,24,26). The molecule has 0 radical (unpaired) electrons. The zero-order valence-corrected chi connectivity index (χ0v) is 16.7. The second-order valence-electron chi connectivity index (χ2n) is 5.83. The summed E-state index contributed by atoms with van der Waals surface area (Å²) in [6.45, 7) is -0.119. The molecule has 0 aliphatic carbocycles. The van der Waals surface area contributed by atoms with E-state index in [4.69, 9.17) is 20.8 Å². The number of aromatic nitrogens is 2. The van der Waals surface area contributed by atoms with Gasteiger partial charge in [0.2, 0.25) is 5.89 Å². The van der Waals surface area contributed by atoms with Crippen molar-refractivity contribution >= 4 is 50.4 Å². The molecule has 28 heavy (non-hydrogen) atoms. The summed E-state index contributed by atoms with van der Waals surface area (Å²) in [6, 6.07) is 15.8. The lowest BCUT2D eigenvalue weighted by atomic mass is 10.2. The van der Waals surface area contributed by atoms with Gasteiger partial charge >= 0.3 is 0 Å². The highest BCUT2D eigenvalue weighted by molar-refractivity contribution is 9.10. The summed E-state index contributed by atoms with van der Waals surface area (Å²) in [5.74, 6) is 0.644. The van der Waals surface area contributed by atoms with Gasteiger partial charge in [-0.25, -0.2) is 4.98 Å². The number of rotatable bonds is 5. The molecule has 0 saturated heterocycles. The number of hydrogen-bond acceptors (Lipinski definition) is 5. The minimum Gasteiger partial charge on any atom is -0.484 e. The Balaban J connectivity index is 1.48. The quantitative estimate of drug-likeness (QED) is 0.438. The number of anilines is 1. The van der Waals surface area contributed by atoms with Crippen LogP contribution in [0.5, 0.6) is 5.75 Å². The first kappa shape index (κ1) is 18.5. The van der Waals surface area contributed by atoms with Crippen molar-refractivity contribution in [3.05, 3.63) is 70.3 Å². The molecule has 1 amide bonds. The number of carbonyl (C=O) groups excluding carboxylic acids is 1. The van der Waals surface area contributed by atoms with Gasteiger partial charge in [0.05, 0.1) is 10.6 Å². The number of oxazole rings is 1. The van der Waals surface area contributed by atoms with Gasteiger partial charge in [-0.15, -0.1) is 0 Å². The van der Waals surface area contributed by atoms with E-state index in [0.29, 0.717) is 39.1 Å². The van der Waals surface area contributed by atoms with Gasteiger partial charge < -0.3 is 14.5 Å². The van der Waals surface area contributed by atoms with Gasteiger partial charge in [0, 0.05) is 16.4 Å². The maximum atomic E-state index is 12.2. The van der Waals surface area contributed by atoms with E-state index < -0.39 is 0 Å². The van der Waals surface area contributed by atoms with Gasteiger partial charge in [-0.3, -0.25) is 4.79 Å². The Morgan fingerprint density at radius 1 is 1.18 bits per heavy atom. The van der Waals surface area contributed by atoms with Crippen LogP contribution in [0.25, 0.3) is 22.7 Å². The van der Waals surface area contributed by atoms with E-state index >= 15 is 0 Å². The Kier molecular flexibility index (Phi) is 5.27. The van der Waals surface area contributed by atoms with E-state index in [1.807, 2.05) is 12.1 Å². The van der Waals surface area contributed by atoms with Gasteiger partial charge in [-0.1, -0.05) is 27.5 Å². The summed E-state index contributed by atoms with van der Waals surface area (Å²) < 4.78 is 12.1. The summed E-state index contributed by atoms with van der Waals surface area (Å²) in [5, 5.41) is 3.23. The summed E-state index contributed by atoms with van der Waals surface area (Å²) in [6.07, 6.45) is 1.64. The number of halogens is 2. The molecule has 4 aromatic rings. The molecule has 0 fully saturated rings. The van der Waals surface area contributed by atoms with E-state index in [-0.39, 0.29) is 12.5 Å². The SMILES string of the molecule is O=C(COc1ccc(Br)cc1)Nc1ccc(Cl)c(-c2nc3ncccc3o2)c1. The molecule has 0 aliphatic rings. The number of benzene rings is 2.